The third-order valence-corrected chi connectivity index (χ3v) is 5.71. The molecule has 1 aromatic heterocycles. The Morgan fingerprint density at radius 3 is 2.16 bits per heavy atom. The molecule has 5 rings (SSSR count). The molecule has 0 N–H and O–H groups in total. The maximum atomic E-state index is 12.8. The maximum Gasteiger partial charge on any atom is 0.326 e. The molecule has 0 unspecified atom stereocenters. The van der Waals surface area contributed by atoms with E-state index < -0.39 is 5.97 Å². The number of ether oxygens (including phenoxy) is 1. The van der Waals surface area contributed by atoms with Crippen molar-refractivity contribution in [3.8, 4) is 0 Å². The summed E-state index contributed by atoms with van der Waals surface area (Å²) in [6, 6.07) is 22.1. The van der Waals surface area contributed by atoms with Crippen LogP contribution in [0.2, 0.25) is 0 Å². The zero-order valence-corrected chi connectivity index (χ0v) is 16.8. The van der Waals surface area contributed by atoms with Crippen molar-refractivity contribution in [2.45, 2.75) is 13.0 Å². The number of benzene rings is 3. The molecule has 1 aliphatic rings. The van der Waals surface area contributed by atoms with Gasteiger partial charge in [-0.1, -0.05) is 42.5 Å². The summed E-state index contributed by atoms with van der Waals surface area (Å²) in [4.78, 5) is 39.8. The van der Waals surface area contributed by atoms with Gasteiger partial charge in [0.1, 0.15) is 6.54 Å². The highest BCUT2D eigenvalue weighted by atomic mass is 16.5. The number of pyridine rings is 1. The fourth-order valence-corrected chi connectivity index (χ4v) is 4.24. The minimum absolute atomic E-state index is 0.0707. The molecule has 0 saturated carbocycles. The van der Waals surface area contributed by atoms with Crippen LogP contribution in [-0.4, -0.2) is 29.6 Å². The number of carbonyl (C=O) groups excluding carboxylic acids is 2. The van der Waals surface area contributed by atoms with E-state index >= 15 is 0 Å². The summed E-state index contributed by atoms with van der Waals surface area (Å²) in [5, 5.41) is 1.08. The number of fused-ring (bicyclic) bond motifs is 3. The average Bonchev–Trinajstić information content (AvgIpc) is 3.24. The van der Waals surface area contributed by atoms with E-state index in [9.17, 15) is 14.4 Å². The quantitative estimate of drug-likeness (QED) is 0.381. The number of carbonyl (C=O) groups is 2. The van der Waals surface area contributed by atoms with Crippen molar-refractivity contribution in [2.75, 3.05) is 18.1 Å². The Balaban J connectivity index is 1.38. The molecule has 0 saturated heterocycles. The molecule has 6 heteroatoms. The van der Waals surface area contributed by atoms with Crippen molar-refractivity contribution in [2.24, 2.45) is 0 Å². The van der Waals surface area contributed by atoms with Crippen LogP contribution in [0.3, 0.4) is 0 Å². The number of hydrogen-bond acceptors (Lipinski definition) is 4. The number of anilines is 1. The van der Waals surface area contributed by atoms with Gasteiger partial charge in [-0.15, -0.1) is 0 Å². The van der Waals surface area contributed by atoms with Gasteiger partial charge in [-0.3, -0.25) is 14.4 Å². The van der Waals surface area contributed by atoms with E-state index in [-0.39, 0.29) is 24.5 Å². The highest BCUT2D eigenvalue weighted by Crippen LogP contribution is 2.27. The van der Waals surface area contributed by atoms with Crippen LogP contribution in [0.5, 0.6) is 0 Å². The number of amides is 1. The monoisotopic (exact) mass is 412 g/mol. The number of esters is 1. The van der Waals surface area contributed by atoms with Crippen LogP contribution >= 0.6 is 0 Å². The van der Waals surface area contributed by atoms with Crippen molar-refractivity contribution in [3.05, 3.63) is 88.6 Å². The smallest absolute Gasteiger partial charge is 0.326 e. The van der Waals surface area contributed by atoms with Gasteiger partial charge in [0, 0.05) is 23.0 Å². The van der Waals surface area contributed by atoms with Crippen molar-refractivity contribution < 1.29 is 14.3 Å². The summed E-state index contributed by atoms with van der Waals surface area (Å²) >= 11 is 0. The Labute approximate surface area is 178 Å². The Bertz CT molecular complexity index is 1330. The van der Waals surface area contributed by atoms with Crippen LogP contribution in [0.15, 0.2) is 77.6 Å². The number of aromatic nitrogens is 1. The lowest BCUT2D eigenvalue weighted by Gasteiger charge is -2.18. The Morgan fingerprint density at radius 2 is 1.45 bits per heavy atom. The molecular weight excluding hydrogens is 392 g/mol. The van der Waals surface area contributed by atoms with Crippen LogP contribution in [-0.2, 0) is 27.3 Å². The predicted molar refractivity (Wildman–Crippen MR) is 119 cm³/mol. The zero-order chi connectivity index (χ0) is 21.4. The summed E-state index contributed by atoms with van der Waals surface area (Å²) in [6.07, 6.45) is 0.797. The topological polar surface area (TPSA) is 68.6 Å². The summed E-state index contributed by atoms with van der Waals surface area (Å²) < 4.78 is 7.10. The summed E-state index contributed by atoms with van der Waals surface area (Å²) in [5.41, 5.74) is 3.24. The molecule has 0 atom stereocenters. The average molecular weight is 412 g/mol. The van der Waals surface area contributed by atoms with Gasteiger partial charge in [0.15, 0.2) is 12.0 Å². The van der Waals surface area contributed by atoms with Gasteiger partial charge in [0.05, 0.1) is 11.0 Å². The van der Waals surface area contributed by atoms with E-state index in [4.69, 9.17) is 4.74 Å². The molecule has 1 amide bonds. The van der Waals surface area contributed by atoms with Crippen LogP contribution in [0.25, 0.3) is 21.8 Å². The van der Waals surface area contributed by atoms with Gasteiger partial charge in [0.25, 0.3) is 5.91 Å². The fourth-order valence-electron chi connectivity index (χ4n) is 4.24. The highest BCUT2D eigenvalue weighted by molar-refractivity contribution is 5.97. The predicted octanol–water partition coefficient (Wildman–Crippen LogP) is 3.29. The first-order valence-electron chi connectivity index (χ1n) is 10.2. The van der Waals surface area contributed by atoms with E-state index in [1.165, 1.54) is 0 Å². The largest absolute Gasteiger partial charge is 0.454 e. The molecule has 1 aliphatic heterocycles. The van der Waals surface area contributed by atoms with Crippen molar-refractivity contribution >= 4 is 39.4 Å². The lowest BCUT2D eigenvalue weighted by atomic mass is 10.1. The number of hydrogen-bond donors (Lipinski definition) is 0. The Hall–Kier alpha value is -3.93. The molecule has 0 radical (unpaired) electrons. The number of nitrogens with zero attached hydrogens (tertiary/aromatic N) is 2. The van der Waals surface area contributed by atoms with Crippen molar-refractivity contribution in [1.29, 1.82) is 0 Å². The second-order valence-electron chi connectivity index (χ2n) is 7.53. The van der Waals surface area contributed by atoms with E-state index in [1.807, 2.05) is 48.5 Å². The molecule has 4 aromatic rings. The Kier molecular flexibility index (Phi) is 4.75. The molecule has 31 heavy (non-hydrogen) atoms. The van der Waals surface area contributed by atoms with Gasteiger partial charge in [-0.2, -0.15) is 0 Å². The van der Waals surface area contributed by atoms with Gasteiger partial charge in [0.2, 0.25) is 0 Å². The van der Waals surface area contributed by atoms with Crippen LogP contribution in [0.4, 0.5) is 5.69 Å². The first-order chi connectivity index (χ1) is 15.1. The van der Waals surface area contributed by atoms with E-state index in [0.717, 1.165) is 17.7 Å². The maximum absolute atomic E-state index is 12.8. The lowest BCUT2D eigenvalue weighted by molar-refractivity contribution is -0.148. The molecule has 3 aromatic carbocycles. The molecule has 2 heterocycles. The summed E-state index contributed by atoms with van der Waals surface area (Å²) in [7, 11) is 0. The standard InChI is InChI=1S/C25H20N2O4/c28-23(26-14-13-17-7-1-4-10-20(17)26)16-31-24(29)15-27-21-11-5-2-8-18(21)25(30)19-9-3-6-12-22(19)27/h1-12H,13-16H2. The molecule has 0 bridgehead atoms. The van der Waals surface area contributed by atoms with E-state index in [0.29, 0.717) is 28.4 Å². The second-order valence-corrected chi connectivity index (χ2v) is 7.53. The normalized spacial score (nSPS) is 12.8. The van der Waals surface area contributed by atoms with Crippen molar-refractivity contribution in [3.63, 3.8) is 0 Å². The number of rotatable bonds is 4. The molecule has 0 fully saturated rings. The van der Waals surface area contributed by atoms with E-state index in [1.54, 1.807) is 33.7 Å². The first kappa shape index (κ1) is 19.1. The van der Waals surface area contributed by atoms with Crippen LogP contribution in [0, 0.1) is 0 Å². The number of para-hydroxylation sites is 3. The van der Waals surface area contributed by atoms with Crippen LogP contribution in [0.1, 0.15) is 5.56 Å². The third-order valence-electron chi connectivity index (χ3n) is 5.71. The van der Waals surface area contributed by atoms with Gasteiger partial charge >= 0.3 is 5.97 Å². The second kappa shape index (κ2) is 7.72. The molecule has 0 spiro atoms. The third kappa shape index (κ3) is 3.36. The van der Waals surface area contributed by atoms with Gasteiger partial charge in [-0.05, 0) is 42.3 Å². The van der Waals surface area contributed by atoms with Crippen molar-refractivity contribution in [1.82, 2.24) is 4.57 Å². The fraction of sp³-hybridized carbons (Fsp3) is 0.160. The van der Waals surface area contributed by atoms with E-state index in [2.05, 4.69) is 0 Å². The minimum Gasteiger partial charge on any atom is -0.454 e. The molecule has 0 aliphatic carbocycles. The first-order valence-corrected chi connectivity index (χ1v) is 10.2. The molecular formula is C25H20N2O4. The molecule has 6 nitrogen and oxygen atoms in total. The highest BCUT2D eigenvalue weighted by Gasteiger charge is 2.25. The minimum atomic E-state index is -0.528. The lowest BCUT2D eigenvalue weighted by Crippen LogP contribution is -2.33. The summed E-state index contributed by atoms with van der Waals surface area (Å²) in [6.45, 7) is 0.180. The SMILES string of the molecule is O=C(Cn1c2ccccc2c(=O)c2ccccc21)OCC(=O)N1CCc2ccccc21. The van der Waals surface area contributed by atoms with Gasteiger partial charge < -0.3 is 14.2 Å². The Morgan fingerprint density at radius 1 is 0.839 bits per heavy atom. The summed E-state index contributed by atoms with van der Waals surface area (Å²) in [5.74, 6) is -0.771. The van der Waals surface area contributed by atoms with Gasteiger partial charge in [-0.25, -0.2) is 0 Å². The van der Waals surface area contributed by atoms with Crippen LogP contribution < -0.4 is 10.3 Å². The zero-order valence-electron chi connectivity index (χ0n) is 16.8. The molecule has 154 valence electrons.